The number of benzene rings is 2. The molecular weight excluding hydrogens is 460 g/mol. The third-order valence-corrected chi connectivity index (χ3v) is 7.04. The van der Waals surface area contributed by atoms with Crippen LogP contribution in [0.4, 0.5) is 5.69 Å². The third-order valence-electron chi connectivity index (χ3n) is 6.24. The second-order valence-electron chi connectivity index (χ2n) is 8.68. The molecule has 0 bridgehead atoms. The molecule has 4 aromatic rings. The minimum atomic E-state index is -0.392. The number of amides is 2. The van der Waals surface area contributed by atoms with E-state index in [1.165, 1.54) is 11.8 Å². The zero-order valence-electron chi connectivity index (χ0n) is 19.5. The maximum atomic E-state index is 13.2. The number of nitrogens with one attached hydrogen (secondary N) is 3. The van der Waals surface area contributed by atoms with E-state index in [0.29, 0.717) is 23.3 Å². The fourth-order valence-corrected chi connectivity index (χ4v) is 5.11. The first-order chi connectivity index (χ1) is 16.8. The molecular formula is C26H26N6O2S. The molecule has 0 saturated heterocycles. The van der Waals surface area contributed by atoms with Crippen molar-refractivity contribution >= 4 is 67.4 Å². The molecule has 0 aliphatic carbocycles. The van der Waals surface area contributed by atoms with Gasteiger partial charge in [0.25, 0.3) is 11.8 Å². The number of fused-ring (bicyclic) bond motifs is 2. The van der Waals surface area contributed by atoms with Gasteiger partial charge in [0.05, 0.1) is 11.1 Å². The highest BCUT2D eigenvalue weighted by atomic mass is 32.2. The standard InChI is InChI=1S/C26H26N6O2S/c1-31(2)15-8-9-21-17(12-15)19(14-32(21)10-5-11-35-26(27)28)23-22(24(33)30-25(23)34)18-13-29-20-7-4-3-6-16(18)20/h3-4,6-9,12-14,29H,5,10-11H2,1-2H3,(H3,27,28)(H,30,33,34). The second kappa shape index (κ2) is 8.99. The molecule has 3 heterocycles. The molecule has 0 radical (unpaired) electrons. The van der Waals surface area contributed by atoms with Crippen molar-refractivity contribution in [1.82, 2.24) is 14.9 Å². The second-order valence-corrected chi connectivity index (χ2v) is 9.82. The van der Waals surface area contributed by atoms with Crippen molar-refractivity contribution < 1.29 is 9.59 Å². The zero-order chi connectivity index (χ0) is 24.7. The molecule has 8 nitrogen and oxygen atoms in total. The number of anilines is 1. The monoisotopic (exact) mass is 486 g/mol. The number of nitrogens with zero attached hydrogens (tertiary/aromatic N) is 2. The van der Waals surface area contributed by atoms with Crippen LogP contribution in [0.2, 0.25) is 0 Å². The molecule has 2 aromatic carbocycles. The lowest BCUT2D eigenvalue weighted by Gasteiger charge is -2.13. The largest absolute Gasteiger partial charge is 0.379 e. The Labute approximate surface area is 206 Å². The van der Waals surface area contributed by atoms with Gasteiger partial charge in [-0.3, -0.25) is 20.3 Å². The Morgan fingerprint density at radius 1 is 1.06 bits per heavy atom. The highest BCUT2D eigenvalue weighted by molar-refractivity contribution is 8.13. The normalized spacial score (nSPS) is 13.8. The van der Waals surface area contributed by atoms with Gasteiger partial charge in [-0.25, -0.2) is 0 Å². The number of H-pyrrole nitrogens is 1. The van der Waals surface area contributed by atoms with Gasteiger partial charge in [0.15, 0.2) is 5.17 Å². The predicted molar refractivity (Wildman–Crippen MR) is 144 cm³/mol. The van der Waals surface area contributed by atoms with Gasteiger partial charge in [0.1, 0.15) is 0 Å². The number of nitrogens with two attached hydrogens (primary N) is 1. The van der Waals surface area contributed by atoms with Crippen LogP contribution in [0.1, 0.15) is 17.5 Å². The van der Waals surface area contributed by atoms with E-state index in [-0.39, 0.29) is 5.17 Å². The summed E-state index contributed by atoms with van der Waals surface area (Å²) in [5.41, 5.74) is 10.6. The van der Waals surface area contributed by atoms with Crippen LogP contribution in [0.15, 0.2) is 54.9 Å². The molecule has 35 heavy (non-hydrogen) atoms. The van der Waals surface area contributed by atoms with E-state index in [2.05, 4.69) is 20.9 Å². The molecule has 0 atom stereocenters. The van der Waals surface area contributed by atoms with Crippen molar-refractivity contribution in [3.63, 3.8) is 0 Å². The number of hydrogen-bond acceptors (Lipinski definition) is 5. The van der Waals surface area contributed by atoms with Crippen LogP contribution in [-0.2, 0) is 16.1 Å². The molecule has 2 aromatic heterocycles. The number of imide groups is 1. The molecule has 5 N–H and O–H groups in total. The maximum absolute atomic E-state index is 13.2. The Bertz CT molecular complexity index is 1530. The maximum Gasteiger partial charge on any atom is 0.259 e. The molecule has 178 valence electrons. The number of amidine groups is 1. The summed E-state index contributed by atoms with van der Waals surface area (Å²) in [5.74, 6) is -0.0588. The zero-order valence-corrected chi connectivity index (χ0v) is 20.3. The first-order valence-electron chi connectivity index (χ1n) is 11.3. The quantitative estimate of drug-likeness (QED) is 0.137. The molecule has 0 spiro atoms. The van der Waals surface area contributed by atoms with E-state index in [0.717, 1.165) is 45.2 Å². The lowest BCUT2D eigenvalue weighted by Crippen LogP contribution is -2.22. The average Bonchev–Trinajstić information content (AvgIpc) is 3.49. The van der Waals surface area contributed by atoms with Crippen molar-refractivity contribution in [3.05, 3.63) is 66.0 Å². The van der Waals surface area contributed by atoms with E-state index in [4.69, 9.17) is 11.1 Å². The van der Waals surface area contributed by atoms with Gasteiger partial charge in [-0.1, -0.05) is 30.0 Å². The van der Waals surface area contributed by atoms with Crippen molar-refractivity contribution in [1.29, 1.82) is 5.41 Å². The summed E-state index contributed by atoms with van der Waals surface area (Å²) in [6, 6.07) is 13.9. The highest BCUT2D eigenvalue weighted by Gasteiger charge is 2.35. The van der Waals surface area contributed by atoms with E-state index in [1.807, 2.05) is 61.6 Å². The van der Waals surface area contributed by atoms with Gasteiger partial charge >= 0.3 is 0 Å². The Morgan fingerprint density at radius 2 is 1.80 bits per heavy atom. The van der Waals surface area contributed by atoms with Gasteiger partial charge in [0, 0.05) is 77.4 Å². The molecule has 0 fully saturated rings. The number of thioether (sulfide) groups is 1. The number of carbonyl (C=O) groups excluding carboxylic acids is 2. The molecule has 0 saturated carbocycles. The minimum Gasteiger partial charge on any atom is -0.379 e. The summed E-state index contributed by atoms with van der Waals surface area (Å²) in [5, 5.41) is 11.8. The van der Waals surface area contributed by atoms with Crippen molar-refractivity contribution in [2.45, 2.75) is 13.0 Å². The first kappa shape index (κ1) is 22.8. The van der Waals surface area contributed by atoms with E-state index in [1.54, 1.807) is 6.20 Å². The minimum absolute atomic E-state index is 0.105. The average molecular weight is 487 g/mol. The van der Waals surface area contributed by atoms with Gasteiger partial charge in [0.2, 0.25) is 0 Å². The van der Waals surface area contributed by atoms with Gasteiger partial charge in [-0.15, -0.1) is 0 Å². The van der Waals surface area contributed by atoms with Crippen LogP contribution < -0.4 is 16.0 Å². The first-order valence-corrected chi connectivity index (χ1v) is 12.3. The number of aromatic amines is 1. The molecule has 2 amide bonds. The Kier molecular flexibility index (Phi) is 5.86. The number of hydrogen-bond donors (Lipinski definition) is 4. The summed E-state index contributed by atoms with van der Waals surface area (Å²) in [4.78, 5) is 31.5. The van der Waals surface area contributed by atoms with E-state index >= 15 is 0 Å². The Hall–Kier alpha value is -3.98. The Morgan fingerprint density at radius 3 is 2.54 bits per heavy atom. The van der Waals surface area contributed by atoms with Crippen LogP contribution >= 0.6 is 11.8 Å². The van der Waals surface area contributed by atoms with Gasteiger partial charge in [-0.2, -0.15) is 0 Å². The number of aryl methyl sites for hydroxylation is 1. The summed E-state index contributed by atoms with van der Waals surface area (Å²) in [6.45, 7) is 0.698. The van der Waals surface area contributed by atoms with E-state index < -0.39 is 11.8 Å². The smallest absolute Gasteiger partial charge is 0.259 e. The lowest BCUT2D eigenvalue weighted by molar-refractivity contribution is -0.122. The summed E-state index contributed by atoms with van der Waals surface area (Å²) < 4.78 is 2.11. The van der Waals surface area contributed by atoms with Crippen LogP contribution in [0.5, 0.6) is 0 Å². The summed E-state index contributed by atoms with van der Waals surface area (Å²) >= 11 is 1.31. The van der Waals surface area contributed by atoms with Crippen LogP contribution in [0.25, 0.3) is 33.0 Å². The predicted octanol–water partition coefficient (Wildman–Crippen LogP) is 3.77. The number of carbonyl (C=O) groups is 2. The van der Waals surface area contributed by atoms with Crippen LogP contribution in [0, 0.1) is 5.41 Å². The molecule has 1 aliphatic rings. The number of para-hydroxylation sites is 1. The van der Waals surface area contributed by atoms with Gasteiger partial charge < -0.3 is 20.2 Å². The van der Waals surface area contributed by atoms with E-state index in [9.17, 15) is 9.59 Å². The highest BCUT2D eigenvalue weighted by Crippen LogP contribution is 2.39. The van der Waals surface area contributed by atoms with Crippen LogP contribution in [-0.4, -0.2) is 46.4 Å². The molecule has 1 aliphatic heterocycles. The van der Waals surface area contributed by atoms with Crippen LogP contribution in [0.3, 0.4) is 0 Å². The topological polar surface area (TPSA) is 120 Å². The number of rotatable bonds is 7. The fraction of sp³-hybridized carbons (Fsp3) is 0.192. The van der Waals surface area contributed by atoms with Crippen molar-refractivity contribution in [2.75, 3.05) is 24.7 Å². The summed E-state index contributed by atoms with van der Waals surface area (Å²) in [6.07, 6.45) is 4.56. The van der Waals surface area contributed by atoms with Crippen molar-refractivity contribution in [3.8, 4) is 0 Å². The molecule has 9 heteroatoms. The molecule has 0 unspecified atom stereocenters. The Balaban J connectivity index is 1.70. The lowest BCUT2D eigenvalue weighted by atomic mass is 9.95. The third kappa shape index (κ3) is 4.08. The number of aromatic nitrogens is 2. The summed E-state index contributed by atoms with van der Waals surface area (Å²) in [7, 11) is 3.94. The van der Waals surface area contributed by atoms with Gasteiger partial charge in [-0.05, 0) is 30.7 Å². The molecule has 5 rings (SSSR count). The SMILES string of the molecule is CN(C)c1ccc2c(c1)c(C1=C(c3c[nH]c4ccccc34)C(=O)NC1=O)cn2CCCSC(=N)N. The fourth-order valence-electron chi connectivity index (χ4n) is 4.61. The van der Waals surface area contributed by atoms with Crippen molar-refractivity contribution in [2.24, 2.45) is 5.73 Å².